The summed E-state index contributed by atoms with van der Waals surface area (Å²) in [7, 11) is 3.95. The third-order valence-corrected chi connectivity index (χ3v) is 6.67. The number of rotatable bonds is 9. The molecule has 0 bridgehead atoms. The van der Waals surface area contributed by atoms with Crippen LogP contribution < -0.4 is 5.32 Å². The molecule has 0 aromatic heterocycles. The average Bonchev–Trinajstić information content (AvgIpc) is 3.15. The van der Waals surface area contributed by atoms with E-state index in [9.17, 15) is 14.0 Å². The summed E-state index contributed by atoms with van der Waals surface area (Å²) in [5.41, 5.74) is 1.23. The lowest BCUT2D eigenvalue weighted by atomic mass is 10.0. The molecule has 1 heterocycles. The molecule has 170 valence electrons. The summed E-state index contributed by atoms with van der Waals surface area (Å²) in [5, 5.41) is 9.36. The van der Waals surface area contributed by atoms with Crippen LogP contribution in [0.3, 0.4) is 0 Å². The molecule has 1 atom stereocenters. The second-order valence-corrected chi connectivity index (χ2v) is 9.24. The molecule has 0 radical (unpaired) electrons. The summed E-state index contributed by atoms with van der Waals surface area (Å²) >= 11 is 1.35. The van der Waals surface area contributed by atoms with Crippen LogP contribution in [-0.2, 0) is 14.5 Å². The van der Waals surface area contributed by atoms with Crippen LogP contribution in [0.1, 0.15) is 37.3 Å². The van der Waals surface area contributed by atoms with Crippen molar-refractivity contribution in [3.8, 4) is 0 Å². The largest absolute Gasteiger partial charge is 0.356 e. The van der Waals surface area contributed by atoms with Crippen LogP contribution in [0.15, 0.2) is 59.7 Å². The summed E-state index contributed by atoms with van der Waals surface area (Å²) in [6.45, 7) is 2.66. The number of hydrogen-bond acceptors (Lipinski definition) is 5. The average molecular weight is 457 g/mol. The minimum Gasteiger partial charge on any atom is -0.356 e. The van der Waals surface area contributed by atoms with Crippen LogP contribution in [0, 0.1) is 5.82 Å². The topological polar surface area (TPSA) is 65.0 Å². The van der Waals surface area contributed by atoms with E-state index in [0.29, 0.717) is 30.0 Å². The Morgan fingerprint density at radius 2 is 1.81 bits per heavy atom. The molecule has 0 aliphatic carbocycles. The number of carbonyl (C=O) groups excluding carboxylic acids is 2. The van der Waals surface area contributed by atoms with Crippen molar-refractivity contribution in [2.75, 3.05) is 27.2 Å². The van der Waals surface area contributed by atoms with E-state index < -0.39 is 4.87 Å². The molecule has 0 spiro atoms. The molecule has 1 unspecified atom stereocenters. The van der Waals surface area contributed by atoms with Gasteiger partial charge in [0.05, 0.1) is 0 Å². The minimum absolute atomic E-state index is 0.0253. The zero-order valence-corrected chi connectivity index (χ0v) is 19.5. The number of nitrogens with zero attached hydrogens (tertiary/aromatic N) is 3. The van der Waals surface area contributed by atoms with Crippen LogP contribution >= 0.6 is 11.8 Å². The molecule has 2 aromatic carbocycles. The fourth-order valence-electron chi connectivity index (χ4n) is 3.66. The van der Waals surface area contributed by atoms with Gasteiger partial charge in [-0.2, -0.15) is 5.10 Å². The van der Waals surface area contributed by atoms with E-state index in [4.69, 9.17) is 0 Å². The molecule has 0 fully saturated rings. The third kappa shape index (κ3) is 5.55. The Labute approximate surface area is 192 Å². The molecule has 32 heavy (non-hydrogen) atoms. The molecule has 2 aromatic rings. The molecular weight excluding hydrogens is 427 g/mol. The standard InChI is InChI=1S/C24H29FN4O2S/c1-18(30)29-24(19-10-5-4-6-11-19,15-16-26-22(31)14-9-17-28(2)3)32-23(27-29)20-12-7-8-13-21(20)25/h4-8,10-13H,9,14-17H2,1-3H3,(H,26,31). The Kier molecular flexibility index (Phi) is 8.04. The van der Waals surface area contributed by atoms with E-state index in [0.717, 1.165) is 18.5 Å². The van der Waals surface area contributed by atoms with Gasteiger partial charge in [0.2, 0.25) is 11.8 Å². The zero-order valence-electron chi connectivity index (χ0n) is 18.7. The van der Waals surface area contributed by atoms with Crippen molar-refractivity contribution in [2.45, 2.75) is 31.1 Å². The zero-order chi connectivity index (χ0) is 23.1. The Morgan fingerprint density at radius 1 is 1.12 bits per heavy atom. The van der Waals surface area contributed by atoms with Gasteiger partial charge in [0.15, 0.2) is 0 Å². The molecular formula is C24H29FN4O2S. The van der Waals surface area contributed by atoms with E-state index >= 15 is 0 Å². The van der Waals surface area contributed by atoms with Gasteiger partial charge in [-0.05, 0) is 44.8 Å². The maximum absolute atomic E-state index is 14.5. The summed E-state index contributed by atoms with van der Waals surface area (Å²) in [4.78, 5) is 26.1. The van der Waals surface area contributed by atoms with Crippen LogP contribution in [0.2, 0.25) is 0 Å². The fraction of sp³-hybridized carbons (Fsp3) is 0.375. The number of carbonyl (C=O) groups is 2. The van der Waals surface area contributed by atoms with Gasteiger partial charge in [0.1, 0.15) is 15.7 Å². The SMILES string of the molecule is CC(=O)N1N=C(c2ccccc2F)SC1(CCNC(=O)CCCN(C)C)c1ccccc1. The van der Waals surface area contributed by atoms with Gasteiger partial charge in [0.25, 0.3) is 0 Å². The summed E-state index contributed by atoms with van der Waals surface area (Å²) < 4.78 is 14.5. The molecule has 3 rings (SSSR count). The molecule has 2 amide bonds. The van der Waals surface area contributed by atoms with E-state index in [1.165, 1.54) is 29.8 Å². The van der Waals surface area contributed by atoms with Crippen molar-refractivity contribution in [3.63, 3.8) is 0 Å². The van der Waals surface area contributed by atoms with Gasteiger partial charge in [-0.25, -0.2) is 9.40 Å². The van der Waals surface area contributed by atoms with Crippen molar-refractivity contribution < 1.29 is 14.0 Å². The second kappa shape index (κ2) is 10.7. The molecule has 0 saturated carbocycles. The second-order valence-electron chi connectivity index (χ2n) is 7.98. The molecule has 1 N–H and O–H groups in total. The number of hydrazone groups is 1. The first kappa shape index (κ1) is 23.9. The van der Waals surface area contributed by atoms with Crippen molar-refractivity contribution in [2.24, 2.45) is 5.10 Å². The highest BCUT2D eigenvalue weighted by molar-refractivity contribution is 8.15. The monoisotopic (exact) mass is 456 g/mol. The highest BCUT2D eigenvalue weighted by Crippen LogP contribution is 2.49. The van der Waals surface area contributed by atoms with Gasteiger partial charge in [-0.1, -0.05) is 54.2 Å². The van der Waals surface area contributed by atoms with Crippen LogP contribution in [0.4, 0.5) is 4.39 Å². The Bertz CT molecular complexity index is 983. The molecule has 6 nitrogen and oxygen atoms in total. The van der Waals surface area contributed by atoms with Gasteiger partial charge < -0.3 is 10.2 Å². The van der Waals surface area contributed by atoms with Gasteiger partial charge >= 0.3 is 0 Å². The molecule has 8 heteroatoms. The highest BCUT2D eigenvalue weighted by Gasteiger charge is 2.47. The maximum Gasteiger partial charge on any atom is 0.241 e. The maximum atomic E-state index is 14.5. The Morgan fingerprint density at radius 3 is 2.47 bits per heavy atom. The van der Waals surface area contributed by atoms with Crippen LogP contribution in [0.5, 0.6) is 0 Å². The lowest BCUT2D eigenvalue weighted by molar-refractivity contribution is -0.132. The first-order valence-electron chi connectivity index (χ1n) is 10.6. The number of thioether (sulfide) groups is 1. The molecule has 1 aliphatic heterocycles. The predicted molar refractivity (Wildman–Crippen MR) is 127 cm³/mol. The van der Waals surface area contributed by atoms with E-state index in [2.05, 4.69) is 10.4 Å². The quantitative estimate of drug-likeness (QED) is 0.624. The summed E-state index contributed by atoms with van der Waals surface area (Å²) in [6.07, 6.45) is 1.65. The van der Waals surface area contributed by atoms with Gasteiger partial charge in [-0.15, -0.1) is 0 Å². The molecule has 1 aliphatic rings. The first-order chi connectivity index (χ1) is 15.3. The predicted octanol–water partition coefficient (Wildman–Crippen LogP) is 3.78. The van der Waals surface area contributed by atoms with E-state index in [1.54, 1.807) is 18.2 Å². The number of halogens is 1. The minimum atomic E-state index is -0.873. The third-order valence-electron chi connectivity index (χ3n) is 5.22. The first-order valence-corrected chi connectivity index (χ1v) is 11.5. The van der Waals surface area contributed by atoms with Gasteiger partial charge in [0, 0.05) is 31.9 Å². The smallest absolute Gasteiger partial charge is 0.241 e. The molecule has 0 saturated heterocycles. The van der Waals surface area contributed by atoms with Crippen LogP contribution in [0.25, 0.3) is 0 Å². The lowest BCUT2D eigenvalue weighted by Gasteiger charge is -2.35. The summed E-state index contributed by atoms with van der Waals surface area (Å²) in [6, 6.07) is 16.0. The number of hydrogen-bond donors (Lipinski definition) is 1. The number of benzene rings is 2. The van der Waals surface area contributed by atoms with Crippen molar-refractivity contribution in [1.82, 2.24) is 15.2 Å². The van der Waals surface area contributed by atoms with Gasteiger partial charge in [-0.3, -0.25) is 9.59 Å². The van der Waals surface area contributed by atoms with Crippen molar-refractivity contribution in [3.05, 3.63) is 71.5 Å². The Balaban J connectivity index is 1.83. The van der Waals surface area contributed by atoms with Crippen molar-refractivity contribution >= 4 is 28.6 Å². The van der Waals surface area contributed by atoms with E-state index in [1.807, 2.05) is 49.3 Å². The van der Waals surface area contributed by atoms with Crippen LogP contribution in [-0.4, -0.2) is 54.0 Å². The normalized spacial score (nSPS) is 18.0. The summed E-state index contributed by atoms with van der Waals surface area (Å²) in [5.74, 6) is -0.659. The Hall–Kier alpha value is -2.71. The number of amides is 2. The van der Waals surface area contributed by atoms with Crippen molar-refractivity contribution in [1.29, 1.82) is 0 Å². The fourth-order valence-corrected chi connectivity index (χ4v) is 5.09. The highest BCUT2D eigenvalue weighted by atomic mass is 32.2. The van der Waals surface area contributed by atoms with E-state index in [-0.39, 0.29) is 17.6 Å². The number of nitrogens with one attached hydrogen (secondary N) is 1. The lowest BCUT2D eigenvalue weighted by Crippen LogP contribution is -2.43.